The fraction of sp³-hybridized carbons (Fsp3) is 0.296. The number of ether oxygens (including phenoxy) is 1. The summed E-state index contributed by atoms with van der Waals surface area (Å²) >= 11 is 0. The maximum absolute atomic E-state index is 14.7. The zero-order valence-corrected chi connectivity index (χ0v) is 21.0. The first kappa shape index (κ1) is 26.1. The van der Waals surface area contributed by atoms with Gasteiger partial charge >= 0.3 is 5.97 Å². The van der Waals surface area contributed by atoms with Crippen LogP contribution in [0.25, 0.3) is 0 Å². The number of para-hydroxylation sites is 1. The number of aliphatic carboxylic acids is 1. The van der Waals surface area contributed by atoms with E-state index in [0.717, 1.165) is 17.7 Å². The van der Waals surface area contributed by atoms with E-state index in [4.69, 9.17) is 4.74 Å². The summed E-state index contributed by atoms with van der Waals surface area (Å²) in [5.74, 6) is -3.38. The number of fused-ring (bicyclic) bond motifs is 1. The lowest BCUT2D eigenvalue weighted by molar-refractivity contribution is -0.137. The Morgan fingerprint density at radius 2 is 1.89 bits per heavy atom. The number of nitrogens with one attached hydrogen (secondary N) is 1. The van der Waals surface area contributed by atoms with Gasteiger partial charge in [0, 0.05) is 24.3 Å². The third kappa shape index (κ3) is 5.24. The van der Waals surface area contributed by atoms with Gasteiger partial charge in [-0.05, 0) is 53.8 Å². The van der Waals surface area contributed by atoms with Crippen LogP contribution in [-0.2, 0) is 10.5 Å². The minimum Gasteiger partial charge on any atom is -0.487 e. The monoisotopic (exact) mass is 519 g/mol. The van der Waals surface area contributed by atoms with Crippen LogP contribution in [0.15, 0.2) is 65.6 Å². The van der Waals surface area contributed by atoms with Crippen molar-refractivity contribution in [3.63, 3.8) is 0 Å². The van der Waals surface area contributed by atoms with Crippen LogP contribution in [-0.4, -0.2) is 32.8 Å². The lowest BCUT2D eigenvalue weighted by Crippen LogP contribution is -2.38. The first-order chi connectivity index (χ1) is 17.0. The van der Waals surface area contributed by atoms with Crippen LogP contribution in [0.2, 0.25) is 0 Å². The number of hydrogen-bond acceptors (Lipinski definition) is 5. The molecule has 4 rings (SSSR count). The van der Waals surface area contributed by atoms with Gasteiger partial charge in [0.1, 0.15) is 23.5 Å². The maximum Gasteiger partial charge on any atom is 0.304 e. The normalized spacial score (nSPS) is 20.2. The Hall–Kier alpha value is -2.98. The van der Waals surface area contributed by atoms with Crippen molar-refractivity contribution >= 4 is 15.9 Å². The number of benzene rings is 3. The maximum atomic E-state index is 14.7. The second kappa shape index (κ2) is 9.82. The van der Waals surface area contributed by atoms with Crippen LogP contribution in [0.5, 0.6) is 5.75 Å². The molecule has 194 valence electrons. The van der Waals surface area contributed by atoms with Gasteiger partial charge in [-0.2, -0.15) is 0 Å². The zero-order valence-electron chi connectivity index (χ0n) is 20.1. The summed E-state index contributed by atoms with van der Waals surface area (Å²) in [6, 6.07) is 15.0. The van der Waals surface area contributed by atoms with Crippen molar-refractivity contribution in [2.45, 2.75) is 49.4 Å². The van der Waals surface area contributed by atoms with E-state index in [0.29, 0.717) is 23.3 Å². The molecule has 1 unspecified atom stereocenters. The largest absolute Gasteiger partial charge is 0.487 e. The van der Waals surface area contributed by atoms with Gasteiger partial charge in [0.25, 0.3) is 0 Å². The van der Waals surface area contributed by atoms with Gasteiger partial charge in [-0.1, -0.05) is 43.3 Å². The summed E-state index contributed by atoms with van der Waals surface area (Å²) < 4.78 is 61.1. The Balaban J connectivity index is 1.79. The molecule has 1 heterocycles. The molecule has 3 aromatic carbocycles. The number of carbonyl (C=O) groups is 1. The molecule has 0 aliphatic carbocycles. The van der Waals surface area contributed by atoms with Crippen molar-refractivity contribution in [2.24, 2.45) is 0 Å². The highest BCUT2D eigenvalue weighted by atomic mass is 32.3. The van der Waals surface area contributed by atoms with Crippen LogP contribution in [0.4, 0.5) is 8.78 Å². The Morgan fingerprint density at radius 1 is 1.14 bits per heavy atom. The molecule has 0 saturated carbocycles. The van der Waals surface area contributed by atoms with Gasteiger partial charge in [-0.15, -0.1) is 0 Å². The Morgan fingerprint density at radius 3 is 2.58 bits per heavy atom. The molecule has 0 bridgehead atoms. The summed E-state index contributed by atoms with van der Waals surface area (Å²) in [6.45, 7) is 4.00. The van der Waals surface area contributed by atoms with Crippen LogP contribution < -0.4 is 9.46 Å². The Bertz CT molecular complexity index is 1300. The van der Waals surface area contributed by atoms with Crippen LogP contribution in [0.3, 0.4) is 0 Å². The van der Waals surface area contributed by atoms with Crippen molar-refractivity contribution in [1.82, 2.24) is 4.72 Å². The summed E-state index contributed by atoms with van der Waals surface area (Å²) in [4.78, 5) is 11.9. The number of hydrogen-bond donors (Lipinski definition) is 5. The predicted octanol–water partition coefficient (Wildman–Crippen LogP) is 6.13. The van der Waals surface area contributed by atoms with E-state index in [2.05, 4.69) is 4.72 Å². The number of carboxylic acid groups (broad SMARTS) is 1. The van der Waals surface area contributed by atoms with E-state index in [-0.39, 0.29) is 28.9 Å². The Kier molecular flexibility index (Phi) is 7.12. The number of carboxylic acids is 1. The number of aryl methyl sites for hydroxylation is 1. The first-order valence-corrected chi connectivity index (χ1v) is 14.1. The minimum absolute atomic E-state index is 0.0552. The molecule has 1 aliphatic heterocycles. The van der Waals surface area contributed by atoms with Gasteiger partial charge in [0.2, 0.25) is 0 Å². The average molecular weight is 520 g/mol. The summed E-state index contributed by atoms with van der Waals surface area (Å²) in [7, 11) is -4.74. The lowest BCUT2D eigenvalue weighted by atomic mass is 9.86. The molecule has 0 amide bonds. The van der Waals surface area contributed by atoms with E-state index < -0.39 is 39.9 Å². The molecule has 0 spiro atoms. The van der Waals surface area contributed by atoms with Crippen molar-refractivity contribution in [2.75, 3.05) is 6.54 Å². The van der Waals surface area contributed by atoms with Crippen molar-refractivity contribution in [3.8, 4) is 5.75 Å². The number of rotatable bonds is 7. The van der Waals surface area contributed by atoms with E-state index >= 15 is 0 Å². The summed E-state index contributed by atoms with van der Waals surface area (Å²) in [5, 5.41) is 9.51. The molecule has 0 aromatic heterocycles. The zero-order chi connectivity index (χ0) is 26.1. The molecule has 0 fully saturated rings. The predicted molar refractivity (Wildman–Crippen MR) is 137 cm³/mol. The average Bonchev–Trinajstić information content (AvgIpc) is 2.93. The quantitative estimate of drug-likeness (QED) is 0.241. The van der Waals surface area contributed by atoms with Gasteiger partial charge in [0.05, 0.1) is 11.3 Å². The third-order valence-corrected chi connectivity index (χ3v) is 9.90. The Labute approximate surface area is 209 Å². The van der Waals surface area contributed by atoms with Gasteiger partial charge in [-0.3, -0.25) is 4.79 Å². The summed E-state index contributed by atoms with van der Waals surface area (Å²) in [5.41, 5.74) is 1.87. The van der Waals surface area contributed by atoms with Crippen LogP contribution in [0, 0.1) is 18.6 Å². The van der Waals surface area contributed by atoms with Crippen LogP contribution in [0.1, 0.15) is 47.9 Å². The molecular weight excluding hydrogens is 488 g/mol. The minimum atomic E-state index is -4.74. The second-order valence-corrected chi connectivity index (χ2v) is 12.9. The highest BCUT2D eigenvalue weighted by molar-refractivity contribution is 8.38. The van der Waals surface area contributed by atoms with Crippen LogP contribution >= 0.6 is 9.91 Å². The molecule has 0 saturated heterocycles. The van der Waals surface area contributed by atoms with Gasteiger partial charge in [-0.25, -0.2) is 23.4 Å². The third-order valence-electron chi connectivity index (χ3n) is 6.73. The number of halogens is 2. The molecule has 2 atom stereocenters. The highest BCUT2D eigenvalue weighted by Crippen LogP contribution is 2.70. The topological polar surface area (TPSA) is 99.0 Å². The van der Waals surface area contributed by atoms with E-state index in [1.165, 1.54) is 6.07 Å². The highest BCUT2D eigenvalue weighted by Gasteiger charge is 2.37. The number of thiol groups is 1. The smallest absolute Gasteiger partial charge is 0.304 e. The molecule has 36 heavy (non-hydrogen) atoms. The standard InChI is InChI=1S/C27H31F2NO5S/c1-3-21-15-30-36(33,34,26-7-5-4-6-25(26)35-21)16-19-12-18(9-8-17(19)2)23(14-27(31)32)22-11-10-20(28)13-24(22)29/h4-13,21,23,30,33-34,36H,3,14-16H2,1-2H3,(H,31,32)/t21-,23?/m1/s1. The van der Waals surface area contributed by atoms with Gasteiger partial charge < -0.3 is 18.9 Å². The molecule has 9 heteroatoms. The second-order valence-electron chi connectivity index (χ2n) is 9.34. The molecule has 4 N–H and O–H groups in total. The molecule has 0 radical (unpaired) electrons. The van der Waals surface area contributed by atoms with E-state index in [9.17, 15) is 27.8 Å². The summed E-state index contributed by atoms with van der Waals surface area (Å²) in [6.07, 6.45) is 0.00547. The van der Waals surface area contributed by atoms with E-state index in [1.807, 2.05) is 13.8 Å². The molecule has 3 aromatic rings. The van der Waals surface area contributed by atoms with Crippen molar-refractivity contribution < 1.29 is 32.5 Å². The first-order valence-electron chi connectivity index (χ1n) is 11.8. The van der Waals surface area contributed by atoms with E-state index in [1.54, 1.807) is 42.5 Å². The SMILES string of the molecule is CC[C@@H]1CN[SH](O)(O)(Cc2cc(C(CC(=O)O)c3ccc(F)cc3F)ccc2C)c2ccccc2O1. The lowest BCUT2D eigenvalue weighted by Gasteiger charge is -2.59. The van der Waals surface area contributed by atoms with Gasteiger partial charge in [0.15, 0.2) is 0 Å². The molecule has 6 nitrogen and oxygen atoms in total. The van der Waals surface area contributed by atoms with Crippen molar-refractivity contribution in [3.05, 3.63) is 94.6 Å². The molecular formula is C27H31F2NO5S. The molecule has 1 aliphatic rings. The fourth-order valence-corrected chi connectivity index (χ4v) is 7.70. The van der Waals surface area contributed by atoms with Crippen molar-refractivity contribution in [1.29, 1.82) is 0 Å². The fourth-order valence-electron chi connectivity index (χ4n) is 4.68.